The summed E-state index contributed by atoms with van der Waals surface area (Å²) in [5, 5.41) is 11.0. The van der Waals surface area contributed by atoms with Gasteiger partial charge in [-0.2, -0.15) is 0 Å². The van der Waals surface area contributed by atoms with Crippen molar-refractivity contribution in [3.05, 3.63) is 58.1 Å². The Morgan fingerprint density at radius 3 is 2.14 bits per heavy atom. The number of cyclic esters (lactones) is 1. The Morgan fingerprint density at radius 2 is 1.57 bits per heavy atom. The van der Waals surface area contributed by atoms with Crippen LogP contribution in [-0.4, -0.2) is 23.0 Å². The first-order valence-electron chi connectivity index (χ1n) is 9.44. The second-order valence-electron chi connectivity index (χ2n) is 7.46. The molecule has 1 aliphatic carbocycles. The average molecular weight is 419 g/mol. The van der Waals surface area contributed by atoms with Crippen LogP contribution < -0.4 is 0 Å². The van der Waals surface area contributed by atoms with Gasteiger partial charge < -0.3 is 9.84 Å². The van der Waals surface area contributed by atoms with Crippen LogP contribution in [0.1, 0.15) is 37.7 Å². The number of Topliss-reactive ketones (excluding diaryl/α,β-unsaturated/α-hetero) is 1. The summed E-state index contributed by atoms with van der Waals surface area (Å²) in [5.74, 6) is -1.69. The smallest absolute Gasteiger partial charge is 0.344 e. The Bertz CT molecular complexity index is 919. The zero-order chi connectivity index (χ0) is 19.9. The number of hydrogen-bond donors (Lipinski definition) is 1. The molecule has 1 saturated heterocycles. The number of halogens is 2. The molecule has 0 amide bonds. The minimum Gasteiger partial charge on any atom is -0.443 e. The largest absolute Gasteiger partial charge is 0.443 e. The molecule has 2 aromatic rings. The van der Waals surface area contributed by atoms with Crippen molar-refractivity contribution in [3.8, 4) is 11.1 Å². The molecule has 0 bridgehead atoms. The summed E-state index contributed by atoms with van der Waals surface area (Å²) in [6, 6.07) is 12.7. The minimum absolute atomic E-state index is 0.186. The van der Waals surface area contributed by atoms with E-state index < -0.39 is 23.5 Å². The number of ketones is 1. The Kier molecular flexibility index (Phi) is 5.21. The molecule has 0 radical (unpaired) electrons. The van der Waals surface area contributed by atoms with Gasteiger partial charge in [-0.25, -0.2) is 4.79 Å². The first-order chi connectivity index (χ1) is 13.4. The normalized spacial score (nSPS) is 25.8. The molecule has 0 spiro atoms. The molecule has 2 unspecified atom stereocenters. The number of aliphatic hydroxyl groups excluding tert-OH is 1. The van der Waals surface area contributed by atoms with Crippen LogP contribution in [0.25, 0.3) is 11.1 Å². The number of rotatable bonds is 3. The van der Waals surface area contributed by atoms with Crippen molar-refractivity contribution in [2.45, 2.75) is 43.8 Å². The van der Waals surface area contributed by atoms with Gasteiger partial charge in [-0.3, -0.25) is 4.79 Å². The highest BCUT2D eigenvalue weighted by atomic mass is 35.5. The van der Waals surface area contributed by atoms with E-state index in [0.717, 1.165) is 43.2 Å². The summed E-state index contributed by atoms with van der Waals surface area (Å²) in [7, 11) is 0. The van der Waals surface area contributed by atoms with Gasteiger partial charge in [0, 0.05) is 21.5 Å². The van der Waals surface area contributed by atoms with Crippen LogP contribution in [0.3, 0.4) is 0 Å². The van der Waals surface area contributed by atoms with Crippen LogP contribution in [0.2, 0.25) is 10.0 Å². The van der Waals surface area contributed by atoms with E-state index in [1.165, 1.54) is 0 Å². The van der Waals surface area contributed by atoms with E-state index in [4.69, 9.17) is 27.9 Å². The molecular weight excluding hydrogens is 399 g/mol. The van der Waals surface area contributed by atoms with Crippen molar-refractivity contribution in [1.82, 2.24) is 0 Å². The molecule has 1 saturated carbocycles. The molecule has 4 nitrogen and oxygen atoms in total. The highest BCUT2D eigenvalue weighted by molar-refractivity contribution is 6.32. The molecule has 4 rings (SSSR count). The minimum atomic E-state index is -1.76. The predicted octanol–water partition coefficient (Wildman–Crippen LogP) is 4.92. The highest BCUT2D eigenvalue weighted by Gasteiger charge is 2.60. The summed E-state index contributed by atoms with van der Waals surface area (Å²) in [6.07, 6.45) is 2.73. The second-order valence-corrected chi connectivity index (χ2v) is 8.30. The number of ether oxygens (including phenoxy) is 1. The molecule has 2 atom stereocenters. The van der Waals surface area contributed by atoms with Crippen LogP contribution in [0.4, 0.5) is 0 Å². The number of benzene rings is 2. The molecule has 1 aliphatic heterocycles. The van der Waals surface area contributed by atoms with E-state index in [-0.39, 0.29) is 5.92 Å². The molecular formula is C22H20Cl2O4. The SMILES string of the molecule is O=C1OC(c2ccc(-c3ccc(Cl)cc3)cc2Cl)(C2CCCCC2)C(=O)C1O. The first-order valence-corrected chi connectivity index (χ1v) is 10.2. The van der Waals surface area contributed by atoms with Gasteiger partial charge in [-0.05, 0) is 42.2 Å². The highest BCUT2D eigenvalue weighted by Crippen LogP contribution is 2.49. The quantitative estimate of drug-likeness (QED) is 0.567. The second kappa shape index (κ2) is 7.51. The average Bonchev–Trinajstić information content (AvgIpc) is 2.94. The van der Waals surface area contributed by atoms with Gasteiger partial charge in [0.1, 0.15) is 0 Å². The third-order valence-corrected chi connectivity index (χ3v) is 6.39. The summed E-state index contributed by atoms with van der Waals surface area (Å²) in [6.45, 7) is 0. The lowest BCUT2D eigenvalue weighted by atomic mass is 9.71. The third-order valence-electron chi connectivity index (χ3n) is 5.83. The maximum absolute atomic E-state index is 13.0. The van der Waals surface area contributed by atoms with Gasteiger partial charge in [0.15, 0.2) is 0 Å². The molecule has 28 heavy (non-hydrogen) atoms. The van der Waals surface area contributed by atoms with Gasteiger partial charge in [-0.1, -0.05) is 66.7 Å². The Labute approximate surface area is 173 Å². The van der Waals surface area contributed by atoms with Gasteiger partial charge in [-0.15, -0.1) is 0 Å². The molecule has 146 valence electrons. The lowest BCUT2D eigenvalue weighted by Crippen LogP contribution is -2.44. The summed E-state index contributed by atoms with van der Waals surface area (Å²) >= 11 is 12.6. The number of carbonyl (C=O) groups is 2. The third kappa shape index (κ3) is 3.14. The molecule has 1 heterocycles. The summed E-state index contributed by atoms with van der Waals surface area (Å²) < 4.78 is 5.60. The van der Waals surface area contributed by atoms with E-state index in [2.05, 4.69) is 0 Å². The molecule has 6 heteroatoms. The van der Waals surface area contributed by atoms with E-state index in [0.29, 0.717) is 15.6 Å². The van der Waals surface area contributed by atoms with Crippen LogP contribution in [0.15, 0.2) is 42.5 Å². The predicted molar refractivity (Wildman–Crippen MR) is 107 cm³/mol. The fourth-order valence-corrected chi connectivity index (χ4v) is 4.86. The fourth-order valence-electron chi connectivity index (χ4n) is 4.41. The Hall–Kier alpha value is -1.88. The van der Waals surface area contributed by atoms with Crippen LogP contribution in [0.5, 0.6) is 0 Å². The molecule has 2 aliphatic rings. The van der Waals surface area contributed by atoms with Gasteiger partial charge in [0.2, 0.25) is 17.5 Å². The number of hydrogen-bond acceptors (Lipinski definition) is 4. The van der Waals surface area contributed by atoms with Gasteiger partial charge in [0.05, 0.1) is 0 Å². The lowest BCUT2D eigenvalue weighted by molar-refractivity contribution is -0.161. The van der Waals surface area contributed by atoms with Crippen LogP contribution >= 0.6 is 23.2 Å². The van der Waals surface area contributed by atoms with Crippen molar-refractivity contribution in [2.75, 3.05) is 0 Å². The number of aliphatic hydroxyl groups is 1. The number of carbonyl (C=O) groups excluding carboxylic acids is 2. The van der Waals surface area contributed by atoms with E-state index in [9.17, 15) is 14.7 Å². The molecule has 2 aromatic carbocycles. The lowest BCUT2D eigenvalue weighted by Gasteiger charge is -2.37. The van der Waals surface area contributed by atoms with Crippen molar-refractivity contribution in [1.29, 1.82) is 0 Å². The van der Waals surface area contributed by atoms with Crippen molar-refractivity contribution >= 4 is 35.0 Å². The zero-order valence-corrected chi connectivity index (χ0v) is 16.7. The standard InChI is InChI=1S/C22H20Cl2O4/c23-16-9-6-13(7-10-16)14-8-11-17(18(24)12-14)22(15-4-2-1-3-5-15)20(26)19(25)21(27)28-22/h6-12,15,19,25H,1-5H2. The van der Waals surface area contributed by atoms with E-state index in [1.54, 1.807) is 24.3 Å². The Morgan fingerprint density at radius 1 is 0.929 bits per heavy atom. The summed E-state index contributed by atoms with van der Waals surface area (Å²) in [4.78, 5) is 25.1. The summed E-state index contributed by atoms with van der Waals surface area (Å²) in [5.41, 5.74) is 0.738. The van der Waals surface area contributed by atoms with Crippen LogP contribution in [0, 0.1) is 5.92 Å². The van der Waals surface area contributed by atoms with Crippen molar-refractivity contribution in [3.63, 3.8) is 0 Å². The van der Waals surface area contributed by atoms with Gasteiger partial charge in [0.25, 0.3) is 0 Å². The molecule has 1 N–H and O–H groups in total. The molecule has 0 aromatic heterocycles. The molecule has 2 fully saturated rings. The maximum Gasteiger partial charge on any atom is 0.344 e. The maximum atomic E-state index is 13.0. The van der Waals surface area contributed by atoms with E-state index in [1.807, 2.05) is 18.2 Å². The first kappa shape index (κ1) is 19.4. The van der Waals surface area contributed by atoms with Crippen molar-refractivity contribution in [2.24, 2.45) is 5.92 Å². The monoisotopic (exact) mass is 418 g/mol. The Balaban J connectivity index is 1.80. The van der Waals surface area contributed by atoms with Crippen molar-refractivity contribution < 1.29 is 19.4 Å². The topological polar surface area (TPSA) is 63.6 Å². The van der Waals surface area contributed by atoms with Gasteiger partial charge >= 0.3 is 5.97 Å². The zero-order valence-electron chi connectivity index (χ0n) is 15.2. The van der Waals surface area contributed by atoms with E-state index >= 15 is 0 Å². The number of esters is 1. The fraction of sp³-hybridized carbons (Fsp3) is 0.364. The van der Waals surface area contributed by atoms with Crippen LogP contribution in [-0.2, 0) is 19.9 Å².